The Bertz CT molecular complexity index is 453. The first-order valence-electron chi connectivity index (χ1n) is 6.54. The van der Waals surface area contributed by atoms with Crippen molar-refractivity contribution in [3.63, 3.8) is 0 Å². The molecule has 0 saturated carbocycles. The molecule has 112 valence electrons. The van der Waals surface area contributed by atoms with Gasteiger partial charge in [-0.15, -0.1) is 0 Å². The Labute approximate surface area is 119 Å². The summed E-state index contributed by atoms with van der Waals surface area (Å²) in [6.07, 6.45) is -1.38. The monoisotopic (exact) mass is 281 g/mol. The molecule has 0 bridgehead atoms. The maximum atomic E-state index is 11.7. The summed E-state index contributed by atoms with van der Waals surface area (Å²) in [6.45, 7) is 7.08. The van der Waals surface area contributed by atoms with Crippen LogP contribution >= 0.6 is 0 Å². The van der Waals surface area contributed by atoms with Gasteiger partial charge in [0.25, 0.3) is 0 Å². The zero-order chi connectivity index (χ0) is 15.3. The van der Waals surface area contributed by atoms with Gasteiger partial charge in [0.15, 0.2) is 0 Å². The number of hydrogen-bond acceptors (Lipinski definition) is 4. The van der Waals surface area contributed by atoms with Crippen molar-refractivity contribution in [2.24, 2.45) is 0 Å². The molecule has 0 saturated heterocycles. The summed E-state index contributed by atoms with van der Waals surface area (Å²) in [5.41, 5.74) is 0.109. The Morgan fingerprint density at radius 3 is 2.55 bits per heavy atom. The normalized spacial score (nSPS) is 14.3. The van der Waals surface area contributed by atoms with E-state index in [9.17, 15) is 9.90 Å². The van der Waals surface area contributed by atoms with E-state index in [4.69, 9.17) is 9.47 Å². The zero-order valence-electron chi connectivity index (χ0n) is 12.6. The van der Waals surface area contributed by atoms with E-state index in [2.05, 4.69) is 5.32 Å². The molecule has 5 nitrogen and oxygen atoms in total. The minimum Gasteiger partial charge on any atom is -0.497 e. The van der Waals surface area contributed by atoms with Crippen molar-refractivity contribution in [3.05, 3.63) is 29.8 Å². The first-order valence-corrected chi connectivity index (χ1v) is 6.54. The average Bonchev–Trinajstić information content (AvgIpc) is 2.35. The molecule has 1 aromatic carbocycles. The Morgan fingerprint density at radius 1 is 1.35 bits per heavy atom. The molecule has 0 aliphatic carbocycles. The molecule has 0 fully saturated rings. The van der Waals surface area contributed by atoms with Gasteiger partial charge in [-0.2, -0.15) is 0 Å². The van der Waals surface area contributed by atoms with E-state index in [1.807, 2.05) is 0 Å². The van der Waals surface area contributed by atoms with Crippen LogP contribution in [0.15, 0.2) is 24.3 Å². The fourth-order valence-corrected chi connectivity index (χ4v) is 1.69. The van der Waals surface area contributed by atoms with Gasteiger partial charge in [0, 0.05) is 0 Å². The molecule has 0 spiro atoms. The highest BCUT2D eigenvalue weighted by Crippen LogP contribution is 2.21. The number of ether oxygens (including phenoxy) is 2. The number of rotatable bonds is 4. The second-order valence-electron chi connectivity index (χ2n) is 5.66. The average molecular weight is 281 g/mol. The number of amides is 1. The van der Waals surface area contributed by atoms with E-state index in [1.165, 1.54) is 0 Å². The predicted octanol–water partition coefficient (Wildman–Crippen LogP) is 2.64. The molecule has 1 aromatic rings. The van der Waals surface area contributed by atoms with Crippen LogP contribution in [0.3, 0.4) is 0 Å². The first kappa shape index (κ1) is 16.3. The highest BCUT2D eigenvalue weighted by Gasteiger charge is 2.22. The van der Waals surface area contributed by atoms with Gasteiger partial charge in [-0.05, 0) is 45.4 Å². The van der Waals surface area contributed by atoms with Crippen molar-refractivity contribution in [2.45, 2.75) is 45.4 Å². The molecular weight excluding hydrogens is 258 g/mol. The summed E-state index contributed by atoms with van der Waals surface area (Å²) in [5, 5.41) is 12.9. The van der Waals surface area contributed by atoms with Gasteiger partial charge in [-0.25, -0.2) is 4.79 Å². The van der Waals surface area contributed by atoms with Crippen LogP contribution in [0.4, 0.5) is 4.79 Å². The Balaban J connectivity index is 2.66. The molecule has 0 heterocycles. The minimum absolute atomic E-state index is 0.475. The number of aliphatic hydroxyl groups excluding tert-OH is 1. The summed E-state index contributed by atoms with van der Waals surface area (Å²) in [5.74, 6) is 0.658. The predicted molar refractivity (Wildman–Crippen MR) is 76.8 cm³/mol. The third kappa shape index (κ3) is 5.09. The smallest absolute Gasteiger partial charge is 0.407 e. The van der Waals surface area contributed by atoms with Gasteiger partial charge in [-0.1, -0.05) is 12.1 Å². The lowest BCUT2D eigenvalue weighted by atomic mass is 10.0. The van der Waals surface area contributed by atoms with Crippen LogP contribution in [-0.2, 0) is 4.74 Å². The maximum absolute atomic E-state index is 11.7. The summed E-state index contributed by atoms with van der Waals surface area (Å²) in [4.78, 5) is 11.7. The summed E-state index contributed by atoms with van der Waals surface area (Å²) in [7, 11) is 1.56. The number of aliphatic hydroxyl groups is 1. The highest BCUT2D eigenvalue weighted by atomic mass is 16.6. The zero-order valence-corrected chi connectivity index (χ0v) is 12.6. The lowest BCUT2D eigenvalue weighted by Crippen LogP contribution is -2.40. The van der Waals surface area contributed by atoms with Crippen molar-refractivity contribution in [1.82, 2.24) is 5.32 Å². The standard InChI is InChI=1S/C15H23NO4/c1-10(16-14(18)20-15(2,3)4)13(17)11-7-6-8-12(9-11)19-5/h6-10,13,17H,1-5H3,(H,16,18)/t10-,13-/m0/s1. The van der Waals surface area contributed by atoms with Gasteiger partial charge in [-0.3, -0.25) is 0 Å². The number of carbonyl (C=O) groups excluding carboxylic acids is 1. The second-order valence-corrected chi connectivity index (χ2v) is 5.66. The van der Waals surface area contributed by atoms with Crippen molar-refractivity contribution in [2.75, 3.05) is 7.11 Å². The van der Waals surface area contributed by atoms with Gasteiger partial charge in [0.1, 0.15) is 11.4 Å². The summed E-state index contributed by atoms with van der Waals surface area (Å²) < 4.78 is 10.3. The number of nitrogens with one attached hydrogen (secondary N) is 1. The van der Waals surface area contributed by atoms with Crippen molar-refractivity contribution in [1.29, 1.82) is 0 Å². The Morgan fingerprint density at radius 2 is 2.00 bits per heavy atom. The van der Waals surface area contributed by atoms with Crippen LogP contribution in [0.1, 0.15) is 39.4 Å². The molecule has 0 aliphatic rings. The first-order chi connectivity index (χ1) is 9.23. The second kappa shape index (κ2) is 6.61. The van der Waals surface area contributed by atoms with E-state index in [1.54, 1.807) is 59.1 Å². The molecule has 20 heavy (non-hydrogen) atoms. The molecule has 0 aliphatic heterocycles. The van der Waals surface area contributed by atoms with Crippen LogP contribution in [-0.4, -0.2) is 30.0 Å². The Kier molecular flexibility index (Phi) is 5.39. The number of carbonyl (C=O) groups is 1. The molecule has 5 heteroatoms. The van der Waals surface area contributed by atoms with Gasteiger partial charge in [0.05, 0.1) is 19.3 Å². The topological polar surface area (TPSA) is 67.8 Å². The molecular formula is C15H23NO4. The number of hydrogen-bond donors (Lipinski definition) is 2. The van der Waals surface area contributed by atoms with Crippen LogP contribution in [0, 0.1) is 0 Å². The van der Waals surface area contributed by atoms with E-state index in [0.717, 1.165) is 0 Å². The largest absolute Gasteiger partial charge is 0.497 e. The van der Waals surface area contributed by atoms with E-state index >= 15 is 0 Å². The van der Waals surface area contributed by atoms with E-state index in [0.29, 0.717) is 11.3 Å². The quantitative estimate of drug-likeness (QED) is 0.890. The molecule has 1 amide bonds. The molecule has 2 N–H and O–H groups in total. The van der Waals surface area contributed by atoms with Crippen molar-refractivity contribution >= 4 is 6.09 Å². The molecule has 2 atom stereocenters. The molecule has 0 radical (unpaired) electrons. The van der Waals surface area contributed by atoms with Gasteiger partial charge < -0.3 is 19.9 Å². The maximum Gasteiger partial charge on any atom is 0.407 e. The van der Waals surface area contributed by atoms with Crippen molar-refractivity contribution < 1.29 is 19.4 Å². The minimum atomic E-state index is -0.836. The summed E-state index contributed by atoms with van der Waals surface area (Å²) in [6, 6.07) is 6.62. The fourth-order valence-electron chi connectivity index (χ4n) is 1.69. The van der Waals surface area contributed by atoms with Crippen LogP contribution in [0.5, 0.6) is 5.75 Å². The number of alkyl carbamates (subject to hydrolysis) is 1. The van der Waals surface area contributed by atoms with Gasteiger partial charge in [0.2, 0.25) is 0 Å². The summed E-state index contributed by atoms with van der Waals surface area (Å²) >= 11 is 0. The number of benzene rings is 1. The van der Waals surface area contributed by atoms with Crippen LogP contribution < -0.4 is 10.1 Å². The van der Waals surface area contributed by atoms with E-state index < -0.39 is 23.8 Å². The van der Waals surface area contributed by atoms with Crippen LogP contribution in [0.2, 0.25) is 0 Å². The third-order valence-electron chi connectivity index (χ3n) is 2.65. The SMILES string of the molecule is COc1cccc([C@@H](O)[C@H](C)NC(=O)OC(C)(C)C)c1. The van der Waals surface area contributed by atoms with E-state index in [-0.39, 0.29) is 0 Å². The molecule has 1 rings (SSSR count). The van der Waals surface area contributed by atoms with Crippen LogP contribution in [0.25, 0.3) is 0 Å². The molecule has 0 unspecified atom stereocenters. The lowest BCUT2D eigenvalue weighted by Gasteiger charge is -2.24. The van der Waals surface area contributed by atoms with Crippen molar-refractivity contribution in [3.8, 4) is 5.75 Å². The lowest BCUT2D eigenvalue weighted by molar-refractivity contribution is 0.0435. The third-order valence-corrected chi connectivity index (χ3v) is 2.65. The number of methoxy groups -OCH3 is 1. The van der Waals surface area contributed by atoms with Gasteiger partial charge >= 0.3 is 6.09 Å². The Hall–Kier alpha value is -1.75. The highest BCUT2D eigenvalue weighted by molar-refractivity contribution is 5.68. The fraction of sp³-hybridized carbons (Fsp3) is 0.533. The molecule has 0 aromatic heterocycles.